The third-order valence-corrected chi connectivity index (χ3v) is 2.38. The molecule has 66 valence electrons. The van der Waals surface area contributed by atoms with Crippen LogP contribution in [0.4, 0.5) is 0 Å². The number of hydrogen-bond acceptors (Lipinski definition) is 1. The Labute approximate surface area is 74.5 Å². The summed E-state index contributed by atoms with van der Waals surface area (Å²) in [5.41, 5.74) is 0. The van der Waals surface area contributed by atoms with Gasteiger partial charge in [-0.15, -0.1) is 11.6 Å². The van der Waals surface area contributed by atoms with Gasteiger partial charge in [0, 0.05) is 5.88 Å². The van der Waals surface area contributed by atoms with Crippen LogP contribution in [0.25, 0.3) is 0 Å². The molecule has 0 aromatic carbocycles. The Morgan fingerprint density at radius 2 is 2.00 bits per heavy atom. The van der Waals surface area contributed by atoms with Gasteiger partial charge in [0.1, 0.15) is 0 Å². The van der Waals surface area contributed by atoms with Gasteiger partial charge in [0.2, 0.25) is 0 Å². The summed E-state index contributed by atoms with van der Waals surface area (Å²) in [6.07, 6.45) is 6.65. The molecule has 0 bridgehead atoms. The molecule has 0 radical (unpaired) electrons. The standard InChI is InChI=1S/C9H18ClN/c10-6-2-1-3-7-11-8-9-4-5-9/h9,11H,1-8H2. The number of nitrogens with one attached hydrogen (secondary N) is 1. The van der Waals surface area contributed by atoms with Crippen LogP contribution in [0.2, 0.25) is 0 Å². The minimum Gasteiger partial charge on any atom is -0.316 e. The van der Waals surface area contributed by atoms with Gasteiger partial charge < -0.3 is 5.32 Å². The zero-order chi connectivity index (χ0) is 7.94. The van der Waals surface area contributed by atoms with Crippen LogP contribution in [0.15, 0.2) is 0 Å². The Morgan fingerprint density at radius 3 is 2.64 bits per heavy atom. The van der Waals surface area contributed by atoms with E-state index in [4.69, 9.17) is 11.6 Å². The molecule has 2 heteroatoms. The highest BCUT2D eigenvalue weighted by molar-refractivity contribution is 6.17. The lowest BCUT2D eigenvalue weighted by atomic mass is 10.2. The number of halogens is 1. The fraction of sp³-hybridized carbons (Fsp3) is 1.00. The number of alkyl halides is 1. The minimum absolute atomic E-state index is 0.822. The molecular formula is C9H18ClN. The first-order valence-electron chi connectivity index (χ1n) is 4.70. The van der Waals surface area contributed by atoms with Gasteiger partial charge in [0.05, 0.1) is 0 Å². The van der Waals surface area contributed by atoms with E-state index in [0.717, 1.165) is 11.8 Å². The first kappa shape index (κ1) is 9.34. The summed E-state index contributed by atoms with van der Waals surface area (Å²) in [6.45, 7) is 2.44. The fourth-order valence-electron chi connectivity index (χ4n) is 1.15. The molecule has 11 heavy (non-hydrogen) atoms. The SMILES string of the molecule is ClCCCCCNCC1CC1. The molecule has 1 N–H and O–H groups in total. The van der Waals surface area contributed by atoms with Crippen LogP contribution >= 0.6 is 11.6 Å². The van der Waals surface area contributed by atoms with Crippen molar-refractivity contribution in [1.29, 1.82) is 0 Å². The highest BCUT2D eigenvalue weighted by Gasteiger charge is 2.19. The highest BCUT2D eigenvalue weighted by atomic mass is 35.5. The first-order chi connectivity index (χ1) is 5.43. The molecule has 1 aliphatic rings. The molecule has 0 atom stereocenters. The fourth-order valence-corrected chi connectivity index (χ4v) is 1.34. The molecule has 0 aromatic heterocycles. The van der Waals surface area contributed by atoms with Crippen LogP contribution in [0.1, 0.15) is 32.1 Å². The molecule has 0 aromatic rings. The molecule has 0 heterocycles. The summed E-state index contributed by atoms with van der Waals surface area (Å²) < 4.78 is 0. The number of hydrogen-bond donors (Lipinski definition) is 1. The van der Waals surface area contributed by atoms with Crippen LogP contribution in [0.5, 0.6) is 0 Å². The summed E-state index contributed by atoms with van der Waals surface area (Å²) in [7, 11) is 0. The van der Waals surface area contributed by atoms with Crippen LogP contribution < -0.4 is 5.32 Å². The predicted molar refractivity (Wildman–Crippen MR) is 50.2 cm³/mol. The van der Waals surface area contributed by atoms with Crippen LogP contribution in [0, 0.1) is 5.92 Å². The number of rotatable bonds is 7. The van der Waals surface area contributed by atoms with Gasteiger partial charge in [0.25, 0.3) is 0 Å². The summed E-state index contributed by atoms with van der Waals surface area (Å²) in [5.74, 6) is 1.84. The molecule has 1 nitrogen and oxygen atoms in total. The summed E-state index contributed by atoms with van der Waals surface area (Å²) in [4.78, 5) is 0. The topological polar surface area (TPSA) is 12.0 Å². The zero-order valence-electron chi connectivity index (χ0n) is 7.11. The lowest BCUT2D eigenvalue weighted by Crippen LogP contribution is -2.17. The van der Waals surface area contributed by atoms with Crippen molar-refractivity contribution in [3.63, 3.8) is 0 Å². The normalized spacial score (nSPS) is 17.2. The van der Waals surface area contributed by atoms with Crippen LogP contribution in [0.3, 0.4) is 0 Å². The molecule has 1 rings (SSSR count). The van der Waals surface area contributed by atoms with Crippen LogP contribution in [-0.2, 0) is 0 Å². The van der Waals surface area contributed by atoms with Crippen molar-refractivity contribution in [2.75, 3.05) is 19.0 Å². The third kappa shape index (κ3) is 5.51. The molecule has 0 aliphatic heterocycles. The lowest BCUT2D eigenvalue weighted by molar-refractivity contribution is 0.592. The van der Waals surface area contributed by atoms with Gasteiger partial charge in [-0.1, -0.05) is 6.42 Å². The lowest BCUT2D eigenvalue weighted by Gasteiger charge is -2.01. The summed E-state index contributed by atoms with van der Waals surface area (Å²) in [5, 5.41) is 3.46. The van der Waals surface area contributed by atoms with E-state index in [2.05, 4.69) is 5.32 Å². The van der Waals surface area contributed by atoms with Crippen molar-refractivity contribution in [3.05, 3.63) is 0 Å². The smallest absolute Gasteiger partial charge is 0.0223 e. The number of unbranched alkanes of at least 4 members (excludes halogenated alkanes) is 2. The monoisotopic (exact) mass is 175 g/mol. The van der Waals surface area contributed by atoms with Gasteiger partial charge in [0.15, 0.2) is 0 Å². The second-order valence-electron chi connectivity index (χ2n) is 3.40. The second kappa shape index (κ2) is 5.84. The average molecular weight is 176 g/mol. The van der Waals surface area contributed by atoms with E-state index in [1.54, 1.807) is 0 Å². The van der Waals surface area contributed by atoms with E-state index < -0.39 is 0 Å². The zero-order valence-corrected chi connectivity index (χ0v) is 7.87. The Balaban J connectivity index is 1.66. The quantitative estimate of drug-likeness (QED) is 0.463. The Hall–Kier alpha value is 0.250. The average Bonchev–Trinajstić information content (AvgIpc) is 2.80. The maximum atomic E-state index is 5.55. The van der Waals surface area contributed by atoms with Gasteiger partial charge in [-0.05, 0) is 44.7 Å². The molecule has 0 unspecified atom stereocenters. The third-order valence-electron chi connectivity index (χ3n) is 2.12. The Bertz CT molecular complexity index is 91.6. The van der Waals surface area contributed by atoms with E-state index in [1.165, 1.54) is 45.2 Å². The van der Waals surface area contributed by atoms with Gasteiger partial charge >= 0.3 is 0 Å². The Kier molecular flexibility index (Phi) is 4.96. The summed E-state index contributed by atoms with van der Waals surface area (Å²) >= 11 is 5.55. The van der Waals surface area contributed by atoms with E-state index >= 15 is 0 Å². The molecule has 0 saturated heterocycles. The molecule has 1 aliphatic carbocycles. The second-order valence-corrected chi connectivity index (χ2v) is 3.78. The van der Waals surface area contributed by atoms with Gasteiger partial charge in [-0.3, -0.25) is 0 Å². The van der Waals surface area contributed by atoms with E-state index in [-0.39, 0.29) is 0 Å². The van der Waals surface area contributed by atoms with E-state index in [0.29, 0.717) is 0 Å². The predicted octanol–water partition coefficient (Wildman–Crippen LogP) is 2.40. The molecule has 1 saturated carbocycles. The van der Waals surface area contributed by atoms with Crippen molar-refractivity contribution < 1.29 is 0 Å². The summed E-state index contributed by atoms with van der Waals surface area (Å²) in [6, 6.07) is 0. The first-order valence-corrected chi connectivity index (χ1v) is 5.23. The molecule has 0 spiro atoms. The van der Waals surface area contributed by atoms with Gasteiger partial charge in [-0.25, -0.2) is 0 Å². The highest BCUT2D eigenvalue weighted by Crippen LogP contribution is 2.27. The van der Waals surface area contributed by atoms with Gasteiger partial charge in [-0.2, -0.15) is 0 Å². The maximum Gasteiger partial charge on any atom is 0.0223 e. The minimum atomic E-state index is 0.822. The van der Waals surface area contributed by atoms with Crippen molar-refractivity contribution in [3.8, 4) is 0 Å². The van der Waals surface area contributed by atoms with E-state index in [1.807, 2.05) is 0 Å². The van der Waals surface area contributed by atoms with Crippen molar-refractivity contribution in [2.45, 2.75) is 32.1 Å². The van der Waals surface area contributed by atoms with Crippen molar-refractivity contribution in [2.24, 2.45) is 5.92 Å². The van der Waals surface area contributed by atoms with Crippen molar-refractivity contribution >= 4 is 11.6 Å². The largest absolute Gasteiger partial charge is 0.316 e. The van der Waals surface area contributed by atoms with Crippen molar-refractivity contribution in [1.82, 2.24) is 5.32 Å². The molecule has 1 fully saturated rings. The van der Waals surface area contributed by atoms with E-state index in [9.17, 15) is 0 Å². The Morgan fingerprint density at radius 1 is 1.18 bits per heavy atom. The molecular weight excluding hydrogens is 158 g/mol. The molecule has 0 amide bonds. The van der Waals surface area contributed by atoms with Crippen LogP contribution in [-0.4, -0.2) is 19.0 Å². The maximum absolute atomic E-state index is 5.55.